The third-order valence-corrected chi connectivity index (χ3v) is 4.24. The van der Waals surface area contributed by atoms with Crippen molar-refractivity contribution < 1.29 is 0 Å². The van der Waals surface area contributed by atoms with Crippen molar-refractivity contribution in [2.45, 2.75) is 20.0 Å². The summed E-state index contributed by atoms with van der Waals surface area (Å²) in [7, 11) is 0. The lowest BCUT2D eigenvalue weighted by atomic mass is 10.1. The quantitative estimate of drug-likeness (QED) is 0.745. The second-order valence-electron chi connectivity index (χ2n) is 4.65. The molecule has 0 saturated carbocycles. The summed E-state index contributed by atoms with van der Waals surface area (Å²) in [5, 5.41) is 6.90. The van der Waals surface area contributed by atoms with Gasteiger partial charge in [0.15, 0.2) is 0 Å². The highest BCUT2D eigenvalue weighted by Gasteiger charge is 2.06. The Labute approximate surface area is 117 Å². The molecule has 19 heavy (non-hydrogen) atoms. The van der Waals surface area contributed by atoms with Crippen LogP contribution in [0.4, 0.5) is 0 Å². The third kappa shape index (κ3) is 2.57. The van der Waals surface area contributed by atoms with Crippen molar-refractivity contribution in [2.75, 3.05) is 6.54 Å². The van der Waals surface area contributed by atoms with Gasteiger partial charge in [0.25, 0.3) is 0 Å². The minimum absolute atomic E-state index is 0.941. The van der Waals surface area contributed by atoms with Gasteiger partial charge in [0.1, 0.15) is 0 Å². The molecule has 0 aliphatic rings. The lowest BCUT2D eigenvalue weighted by Gasteiger charge is -2.07. The van der Waals surface area contributed by atoms with Crippen LogP contribution < -0.4 is 5.32 Å². The molecule has 3 heteroatoms. The van der Waals surface area contributed by atoms with Gasteiger partial charge >= 0.3 is 0 Å². The van der Waals surface area contributed by atoms with E-state index < -0.39 is 0 Å². The van der Waals surface area contributed by atoms with Crippen molar-refractivity contribution in [3.63, 3.8) is 0 Å². The first-order chi connectivity index (χ1) is 9.38. The molecule has 1 aromatic carbocycles. The predicted octanol–water partition coefficient (Wildman–Crippen LogP) is 3.86. The molecule has 0 saturated heterocycles. The van der Waals surface area contributed by atoms with Gasteiger partial charge in [0.2, 0.25) is 0 Å². The van der Waals surface area contributed by atoms with Crippen LogP contribution in [-0.2, 0) is 13.1 Å². The lowest BCUT2D eigenvalue weighted by Crippen LogP contribution is -2.11. The van der Waals surface area contributed by atoms with E-state index in [2.05, 4.69) is 64.8 Å². The highest BCUT2D eigenvalue weighted by Crippen LogP contribution is 2.22. The maximum atomic E-state index is 3.40. The fourth-order valence-electron chi connectivity index (χ4n) is 2.41. The third-order valence-electron chi connectivity index (χ3n) is 3.38. The molecule has 3 rings (SSSR count). The number of aromatic nitrogens is 1. The zero-order valence-corrected chi connectivity index (χ0v) is 11.9. The topological polar surface area (TPSA) is 17.0 Å². The van der Waals surface area contributed by atoms with Crippen LogP contribution >= 0.6 is 11.3 Å². The van der Waals surface area contributed by atoms with E-state index in [1.807, 2.05) is 11.3 Å². The Morgan fingerprint density at radius 2 is 2.11 bits per heavy atom. The van der Waals surface area contributed by atoms with Crippen LogP contribution in [0.5, 0.6) is 0 Å². The molecular weight excluding hydrogens is 252 g/mol. The van der Waals surface area contributed by atoms with Crippen molar-refractivity contribution >= 4 is 22.2 Å². The lowest BCUT2D eigenvalue weighted by molar-refractivity contribution is 0.730. The van der Waals surface area contributed by atoms with Crippen LogP contribution in [0.2, 0.25) is 0 Å². The Bertz CT molecular complexity index is 653. The molecule has 2 heterocycles. The molecule has 0 aliphatic carbocycles. The summed E-state index contributed by atoms with van der Waals surface area (Å²) in [6.45, 7) is 5.05. The van der Waals surface area contributed by atoms with E-state index in [9.17, 15) is 0 Å². The monoisotopic (exact) mass is 270 g/mol. The van der Waals surface area contributed by atoms with Gasteiger partial charge in [-0.15, -0.1) is 11.3 Å². The van der Waals surface area contributed by atoms with Gasteiger partial charge < -0.3 is 9.88 Å². The van der Waals surface area contributed by atoms with Gasteiger partial charge in [-0.2, -0.15) is 0 Å². The first kappa shape index (κ1) is 12.5. The van der Waals surface area contributed by atoms with Crippen molar-refractivity contribution in [3.05, 3.63) is 58.4 Å². The first-order valence-corrected chi connectivity index (χ1v) is 7.56. The van der Waals surface area contributed by atoms with Crippen LogP contribution in [-0.4, -0.2) is 11.1 Å². The Hall–Kier alpha value is -1.58. The van der Waals surface area contributed by atoms with Crippen LogP contribution in [0.3, 0.4) is 0 Å². The molecule has 2 nitrogen and oxygen atoms in total. The Morgan fingerprint density at radius 1 is 1.16 bits per heavy atom. The summed E-state index contributed by atoms with van der Waals surface area (Å²) < 4.78 is 2.33. The molecule has 1 N–H and O–H groups in total. The Morgan fingerprint density at radius 3 is 2.89 bits per heavy atom. The smallest absolute Gasteiger partial charge is 0.0569 e. The van der Waals surface area contributed by atoms with E-state index in [4.69, 9.17) is 0 Å². The molecular formula is C16H18N2S. The predicted molar refractivity (Wildman–Crippen MR) is 82.7 cm³/mol. The maximum Gasteiger partial charge on any atom is 0.0569 e. The standard InChI is InChI=1S/C16H18N2S/c1-2-17-11-13-5-3-7-16-15(13)8-9-18(16)12-14-6-4-10-19-14/h3-10,17H,2,11-12H2,1H3. The number of thiophene rings is 1. The van der Waals surface area contributed by atoms with Gasteiger partial charge in [0.05, 0.1) is 6.54 Å². The van der Waals surface area contributed by atoms with Gasteiger partial charge in [-0.1, -0.05) is 25.1 Å². The molecule has 0 fully saturated rings. The number of hydrogen-bond acceptors (Lipinski definition) is 2. The SMILES string of the molecule is CCNCc1cccc2c1ccn2Cc1cccs1. The van der Waals surface area contributed by atoms with Gasteiger partial charge in [-0.3, -0.25) is 0 Å². The number of rotatable bonds is 5. The van der Waals surface area contributed by atoms with Crippen LogP contribution in [0.15, 0.2) is 48.0 Å². The van der Waals surface area contributed by atoms with Gasteiger partial charge in [-0.25, -0.2) is 0 Å². The number of nitrogens with zero attached hydrogens (tertiary/aromatic N) is 1. The molecule has 0 unspecified atom stereocenters. The molecule has 0 aliphatic heterocycles. The van der Waals surface area contributed by atoms with Crippen molar-refractivity contribution in [1.29, 1.82) is 0 Å². The molecule has 0 amide bonds. The number of hydrogen-bond donors (Lipinski definition) is 1. The Kier molecular flexibility index (Phi) is 3.67. The van der Waals surface area contributed by atoms with Crippen LogP contribution in [0.1, 0.15) is 17.4 Å². The minimum Gasteiger partial charge on any atom is -0.342 e. The zero-order chi connectivity index (χ0) is 13.1. The van der Waals surface area contributed by atoms with Crippen molar-refractivity contribution in [2.24, 2.45) is 0 Å². The molecule has 0 radical (unpaired) electrons. The van der Waals surface area contributed by atoms with E-state index in [1.165, 1.54) is 21.3 Å². The number of benzene rings is 1. The van der Waals surface area contributed by atoms with Crippen molar-refractivity contribution in [3.8, 4) is 0 Å². The summed E-state index contributed by atoms with van der Waals surface area (Å²) in [6, 6.07) is 13.1. The zero-order valence-electron chi connectivity index (χ0n) is 11.1. The van der Waals surface area contributed by atoms with Crippen molar-refractivity contribution in [1.82, 2.24) is 9.88 Å². The normalized spacial score (nSPS) is 11.2. The fourth-order valence-corrected chi connectivity index (χ4v) is 3.11. The summed E-state index contributed by atoms with van der Waals surface area (Å²) >= 11 is 1.81. The summed E-state index contributed by atoms with van der Waals surface area (Å²) in [6.07, 6.45) is 2.19. The summed E-state index contributed by atoms with van der Waals surface area (Å²) in [4.78, 5) is 1.40. The van der Waals surface area contributed by atoms with E-state index in [-0.39, 0.29) is 0 Å². The minimum atomic E-state index is 0.941. The average Bonchev–Trinajstić information content (AvgIpc) is 3.07. The molecule has 98 valence electrons. The first-order valence-electron chi connectivity index (χ1n) is 6.68. The van der Waals surface area contributed by atoms with E-state index in [1.54, 1.807) is 0 Å². The molecule has 2 aromatic heterocycles. The molecule has 0 bridgehead atoms. The second-order valence-corrected chi connectivity index (χ2v) is 5.69. The van der Waals surface area contributed by atoms with Gasteiger partial charge in [-0.05, 0) is 35.7 Å². The largest absolute Gasteiger partial charge is 0.342 e. The summed E-state index contributed by atoms with van der Waals surface area (Å²) in [5.41, 5.74) is 2.70. The van der Waals surface area contributed by atoms with E-state index >= 15 is 0 Å². The van der Waals surface area contributed by atoms with E-state index in [0.717, 1.165) is 19.6 Å². The van der Waals surface area contributed by atoms with Crippen LogP contribution in [0, 0.1) is 0 Å². The Balaban J connectivity index is 1.94. The van der Waals surface area contributed by atoms with E-state index in [0.29, 0.717) is 0 Å². The maximum absolute atomic E-state index is 3.40. The fraction of sp³-hybridized carbons (Fsp3) is 0.250. The molecule has 0 atom stereocenters. The van der Waals surface area contributed by atoms with Gasteiger partial charge in [0, 0.05) is 28.5 Å². The summed E-state index contributed by atoms with van der Waals surface area (Å²) in [5.74, 6) is 0. The highest BCUT2D eigenvalue weighted by molar-refractivity contribution is 7.09. The number of fused-ring (bicyclic) bond motifs is 1. The second kappa shape index (κ2) is 5.59. The highest BCUT2D eigenvalue weighted by atomic mass is 32.1. The van der Waals surface area contributed by atoms with Crippen LogP contribution in [0.25, 0.3) is 10.9 Å². The molecule has 0 spiro atoms. The molecule has 3 aromatic rings. The average molecular weight is 270 g/mol. The number of nitrogens with one attached hydrogen (secondary N) is 1.